The molecule has 3 rings (SSSR count). The molecule has 7 nitrogen and oxygen atoms in total. The highest BCUT2D eigenvalue weighted by Gasteiger charge is 2.31. The maximum Gasteiger partial charge on any atom is 0.319 e. The van der Waals surface area contributed by atoms with Gasteiger partial charge < -0.3 is 9.47 Å². The van der Waals surface area contributed by atoms with Gasteiger partial charge in [0.15, 0.2) is 0 Å². The van der Waals surface area contributed by atoms with Crippen molar-refractivity contribution in [1.82, 2.24) is 20.2 Å². The molecule has 1 heterocycles. The van der Waals surface area contributed by atoms with Crippen LogP contribution < -0.4 is 0 Å². The van der Waals surface area contributed by atoms with E-state index in [-0.39, 0.29) is 23.4 Å². The van der Waals surface area contributed by atoms with Crippen LogP contribution in [0.1, 0.15) is 51.5 Å². The number of esters is 1. The molecule has 22 heavy (non-hydrogen) atoms. The fourth-order valence-electron chi connectivity index (χ4n) is 2.70. The Balaban J connectivity index is 1.52. The summed E-state index contributed by atoms with van der Waals surface area (Å²) < 4.78 is 12.8. The monoisotopic (exact) mass is 326 g/mol. The summed E-state index contributed by atoms with van der Waals surface area (Å²) in [6.07, 6.45) is 6.19. The Bertz CT molecular complexity index is 520. The zero-order valence-electron chi connectivity index (χ0n) is 13.0. The second-order valence-electron chi connectivity index (χ2n) is 5.98. The van der Waals surface area contributed by atoms with E-state index >= 15 is 0 Å². The van der Waals surface area contributed by atoms with E-state index in [1.165, 1.54) is 11.8 Å². The Hall–Kier alpha value is -1.15. The highest BCUT2D eigenvalue weighted by Crippen LogP contribution is 2.37. The van der Waals surface area contributed by atoms with Crippen molar-refractivity contribution >= 4 is 17.7 Å². The number of tetrazole rings is 1. The van der Waals surface area contributed by atoms with Gasteiger partial charge in [0.25, 0.3) is 0 Å². The normalized spacial score (nSPS) is 26.6. The van der Waals surface area contributed by atoms with Crippen molar-refractivity contribution in [2.24, 2.45) is 0 Å². The molecule has 122 valence electrons. The first kappa shape index (κ1) is 15.7. The lowest BCUT2D eigenvalue weighted by atomic mass is 9.95. The molecule has 2 aliphatic carbocycles. The van der Waals surface area contributed by atoms with E-state index < -0.39 is 0 Å². The lowest BCUT2D eigenvalue weighted by Gasteiger charge is -2.28. The quantitative estimate of drug-likeness (QED) is 0.584. The van der Waals surface area contributed by atoms with Gasteiger partial charge in [-0.1, -0.05) is 11.8 Å². The van der Waals surface area contributed by atoms with Crippen molar-refractivity contribution in [3.8, 4) is 0 Å². The largest absolute Gasteiger partial charge is 0.461 e. The molecule has 1 aromatic rings. The molecule has 2 saturated carbocycles. The molecule has 8 heteroatoms. The zero-order valence-corrected chi connectivity index (χ0v) is 13.8. The van der Waals surface area contributed by atoms with Gasteiger partial charge in [-0.2, -0.15) is 0 Å². The Morgan fingerprint density at radius 3 is 2.82 bits per heavy atom. The van der Waals surface area contributed by atoms with E-state index in [1.807, 2.05) is 11.6 Å². The van der Waals surface area contributed by atoms with Gasteiger partial charge in [0, 0.05) is 13.5 Å². The highest BCUT2D eigenvalue weighted by atomic mass is 32.2. The van der Waals surface area contributed by atoms with Crippen molar-refractivity contribution in [1.29, 1.82) is 0 Å². The van der Waals surface area contributed by atoms with Crippen LogP contribution in [0.3, 0.4) is 0 Å². The molecular weight excluding hydrogens is 304 g/mol. The molecule has 2 aliphatic rings. The van der Waals surface area contributed by atoms with Crippen molar-refractivity contribution in [2.45, 2.75) is 74.1 Å². The van der Waals surface area contributed by atoms with E-state index in [2.05, 4.69) is 15.5 Å². The van der Waals surface area contributed by atoms with Crippen LogP contribution in [-0.2, 0) is 14.3 Å². The first-order valence-corrected chi connectivity index (χ1v) is 8.73. The van der Waals surface area contributed by atoms with E-state index in [0.29, 0.717) is 11.2 Å². The maximum absolute atomic E-state index is 12.3. The molecule has 2 fully saturated rings. The summed E-state index contributed by atoms with van der Waals surface area (Å²) in [5.41, 5.74) is 0. The molecule has 0 bridgehead atoms. The second kappa shape index (κ2) is 6.95. The molecular formula is C14H22N4O3S. The number of aromatic nitrogens is 4. The second-order valence-corrected chi connectivity index (χ2v) is 7.29. The average Bonchev–Trinajstić information content (AvgIpc) is 3.27. The smallest absolute Gasteiger partial charge is 0.319 e. The third-order valence-corrected chi connectivity index (χ3v) is 5.19. The molecule has 0 aromatic carbocycles. The number of thioether (sulfide) groups is 1. The van der Waals surface area contributed by atoms with E-state index in [1.54, 1.807) is 7.11 Å². The molecule has 0 saturated heterocycles. The molecule has 3 unspecified atom stereocenters. The van der Waals surface area contributed by atoms with Gasteiger partial charge in [-0.15, -0.1) is 5.10 Å². The number of methoxy groups -OCH3 is 1. The number of rotatable bonds is 6. The van der Waals surface area contributed by atoms with Gasteiger partial charge in [-0.3, -0.25) is 4.79 Å². The summed E-state index contributed by atoms with van der Waals surface area (Å²) in [6.45, 7) is 1.84. The molecule has 0 radical (unpaired) electrons. The van der Waals surface area contributed by atoms with Crippen molar-refractivity contribution in [2.75, 3.05) is 7.11 Å². The Morgan fingerprint density at radius 1 is 1.32 bits per heavy atom. The average molecular weight is 326 g/mol. The van der Waals surface area contributed by atoms with Crippen LogP contribution >= 0.6 is 11.8 Å². The van der Waals surface area contributed by atoms with Gasteiger partial charge >= 0.3 is 5.97 Å². The SMILES string of the molecule is COC1CCCC(OC(=O)C(C)Sc2nnnn2C2CC2)C1. The number of nitrogens with zero attached hydrogens (tertiary/aromatic N) is 4. The van der Waals surface area contributed by atoms with Crippen LogP contribution in [0.5, 0.6) is 0 Å². The molecule has 3 atom stereocenters. The minimum Gasteiger partial charge on any atom is -0.461 e. The lowest BCUT2D eigenvalue weighted by molar-refractivity contribution is -0.151. The standard InChI is InChI=1S/C14H22N4O3S/c1-9(22-14-15-16-17-18(14)10-6-7-10)13(19)21-12-5-3-4-11(8-12)20-2/h9-12H,3-8H2,1-2H3. The number of carbonyl (C=O) groups excluding carboxylic acids is 1. The highest BCUT2D eigenvalue weighted by molar-refractivity contribution is 8.00. The Morgan fingerprint density at radius 2 is 2.09 bits per heavy atom. The summed E-state index contributed by atoms with van der Waals surface area (Å²) in [6, 6.07) is 0.404. The zero-order chi connectivity index (χ0) is 15.5. The first-order valence-electron chi connectivity index (χ1n) is 7.85. The fraction of sp³-hybridized carbons (Fsp3) is 0.857. The molecule has 0 aliphatic heterocycles. The molecule has 0 N–H and O–H groups in total. The topological polar surface area (TPSA) is 79.1 Å². The predicted molar refractivity (Wildman–Crippen MR) is 80.6 cm³/mol. The number of hydrogen-bond donors (Lipinski definition) is 0. The lowest BCUT2D eigenvalue weighted by Crippen LogP contribution is -2.31. The summed E-state index contributed by atoms with van der Waals surface area (Å²) in [7, 11) is 1.71. The van der Waals surface area contributed by atoms with Gasteiger partial charge in [-0.05, 0) is 49.5 Å². The fourth-order valence-corrected chi connectivity index (χ4v) is 3.55. The Kier molecular flexibility index (Phi) is 4.97. The van der Waals surface area contributed by atoms with E-state index in [4.69, 9.17) is 9.47 Å². The summed E-state index contributed by atoms with van der Waals surface area (Å²) in [4.78, 5) is 12.3. The molecule has 0 spiro atoms. The number of carbonyl (C=O) groups is 1. The molecule has 1 aromatic heterocycles. The Labute approximate surface area is 134 Å². The predicted octanol–water partition coefficient (Wildman–Crippen LogP) is 1.99. The summed E-state index contributed by atoms with van der Waals surface area (Å²) in [5, 5.41) is 12.1. The van der Waals surface area contributed by atoms with Crippen molar-refractivity contribution in [3.05, 3.63) is 0 Å². The minimum atomic E-state index is -0.313. The third-order valence-electron chi connectivity index (χ3n) is 4.16. The maximum atomic E-state index is 12.3. The van der Waals surface area contributed by atoms with E-state index in [0.717, 1.165) is 38.5 Å². The van der Waals surface area contributed by atoms with Gasteiger partial charge in [0.1, 0.15) is 11.4 Å². The van der Waals surface area contributed by atoms with Crippen LogP contribution in [-0.4, -0.2) is 50.7 Å². The van der Waals surface area contributed by atoms with Gasteiger partial charge in [-0.25, -0.2) is 4.68 Å². The minimum absolute atomic E-state index is 0.0336. The molecule has 0 amide bonds. The van der Waals surface area contributed by atoms with Crippen LogP contribution in [0, 0.1) is 0 Å². The van der Waals surface area contributed by atoms with Crippen LogP contribution in [0.15, 0.2) is 5.16 Å². The van der Waals surface area contributed by atoms with Crippen molar-refractivity contribution < 1.29 is 14.3 Å². The summed E-state index contributed by atoms with van der Waals surface area (Å²) in [5.74, 6) is -0.197. The van der Waals surface area contributed by atoms with Gasteiger partial charge in [0.2, 0.25) is 5.16 Å². The van der Waals surface area contributed by atoms with Gasteiger partial charge in [0.05, 0.1) is 12.1 Å². The van der Waals surface area contributed by atoms with Crippen molar-refractivity contribution in [3.63, 3.8) is 0 Å². The van der Waals surface area contributed by atoms with E-state index in [9.17, 15) is 4.79 Å². The number of ether oxygens (including phenoxy) is 2. The van der Waals surface area contributed by atoms with Crippen LogP contribution in [0.2, 0.25) is 0 Å². The van der Waals surface area contributed by atoms with Crippen LogP contribution in [0.25, 0.3) is 0 Å². The number of hydrogen-bond acceptors (Lipinski definition) is 7. The first-order chi connectivity index (χ1) is 10.7. The summed E-state index contributed by atoms with van der Waals surface area (Å²) >= 11 is 1.37. The third kappa shape index (κ3) is 3.78. The van der Waals surface area contributed by atoms with Crippen LogP contribution in [0.4, 0.5) is 0 Å².